The Labute approximate surface area is 379 Å². The Morgan fingerprint density at radius 3 is 1.23 bits per heavy atom. The van der Waals surface area contributed by atoms with Crippen LogP contribution < -0.4 is 0 Å². The van der Waals surface area contributed by atoms with Crippen molar-refractivity contribution in [1.29, 1.82) is 0 Å². The van der Waals surface area contributed by atoms with Crippen molar-refractivity contribution in [3.63, 3.8) is 0 Å². The molecule has 11 rings (SSSR count). The van der Waals surface area contributed by atoms with Crippen molar-refractivity contribution in [3.05, 3.63) is 224 Å². The fourth-order valence-electron chi connectivity index (χ4n) is 6.92. The van der Waals surface area contributed by atoms with Gasteiger partial charge in [0.25, 0.3) is 0 Å². The predicted molar refractivity (Wildman–Crippen MR) is 251 cm³/mol. The van der Waals surface area contributed by atoms with Crippen LogP contribution in [0.5, 0.6) is 0 Å². The molecular formula is C57H37N3O. The second-order valence-electron chi connectivity index (χ2n) is 13.8. The van der Waals surface area contributed by atoms with E-state index in [0.717, 1.165) is 28.3 Å². The van der Waals surface area contributed by atoms with Crippen molar-refractivity contribution in [2.75, 3.05) is 0 Å². The van der Waals surface area contributed by atoms with Gasteiger partial charge in [-0.15, -0.1) is 0 Å². The van der Waals surface area contributed by atoms with Gasteiger partial charge in [-0.25, -0.2) is 15.0 Å². The van der Waals surface area contributed by atoms with Crippen molar-refractivity contribution in [2.45, 2.75) is 0 Å². The van der Waals surface area contributed by atoms with E-state index in [2.05, 4.69) is 0 Å². The molecule has 0 radical (unpaired) electrons. The average Bonchev–Trinajstić information content (AvgIpc) is 4.15. The van der Waals surface area contributed by atoms with E-state index < -0.39 is 142 Å². The largest absolute Gasteiger partial charge is 0.456 e. The highest BCUT2D eigenvalue weighted by atomic mass is 16.3. The molecule has 0 aliphatic heterocycles. The Morgan fingerprint density at radius 1 is 0.279 bits per heavy atom. The van der Waals surface area contributed by atoms with Gasteiger partial charge in [-0.1, -0.05) is 182 Å². The van der Waals surface area contributed by atoms with Crippen LogP contribution in [0, 0.1) is 0 Å². The summed E-state index contributed by atoms with van der Waals surface area (Å²) in [5.41, 5.74) is 0.110. The van der Waals surface area contributed by atoms with E-state index in [9.17, 15) is 11.0 Å². The van der Waals surface area contributed by atoms with Crippen molar-refractivity contribution in [3.8, 4) is 89.8 Å². The van der Waals surface area contributed by atoms with Gasteiger partial charge in [-0.3, -0.25) is 0 Å². The summed E-state index contributed by atoms with van der Waals surface area (Å²) < 4.78 is 168. The summed E-state index contributed by atoms with van der Waals surface area (Å²) in [6.07, 6.45) is 0. The summed E-state index contributed by atoms with van der Waals surface area (Å²) in [5, 5.41) is -0.601. The van der Waals surface area contributed by atoms with Gasteiger partial charge in [-0.2, -0.15) is 0 Å². The molecule has 0 aliphatic carbocycles. The lowest BCUT2D eigenvalue weighted by atomic mass is 9.93. The van der Waals surface area contributed by atoms with Crippen LogP contribution in [-0.2, 0) is 0 Å². The lowest BCUT2D eigenvalue weighted by molar-refractivity contribution is 0.669. The molecule has 0 aliphatic rings. The van der Waals surface area contributed by atoms with Crippen molar-refractivity contribution in [2.24, 2.45) is 0 Å². The summed E-state index contributed by atoms with van der Waals surface area (Å²) in [6.45, 7) is 0. The maximum atomic E-state index is 9.76. The second kappa shape index (κ2) is 15.5. The van der Waals surface area contributed by atoms with Crippen LogP contribution in [0.3, 0.4) is 0 Å². The smallest absolute Gasteiger partial charge is 0.164 e. The molecule has 286 valence electrons. The quantitative estimate of drug-likeness (QED) is 0.154. The molecule has 61 heavy (non-hydrogen) atoms. The molecule has 0 amide bonds. The van der Waals surface area contributed by atoms with E-state index in [1.54, 1.807) is 0 Å². The number of benzene rings is 9. The summed E-state index contributed by atoms with van der Waals surface area (Å²) in [6, 6.07) is 21.5. The molecule has 11 aromatic rings. The lowest BCUT2D eigenvalue weighted by Gasteiger charge is -2.11. The normalized spacial score (nSPS) is 15.4. The third-order valence-electron chi connectivity index (χ3n) is 9.95. The number of rotatable bonds is 8. The summed E-state index contributed by atoms with van der Waals surface area (Å²) >= 11 is 0. The Kier molecular flexibility index (Phi) is 5.52. The monoisotopic (exact) mass is 797 g/mol. The fourth-order valence-corrected chi connectivity index (χ4v) is 6.92. The van der Waals surface area contributed by atoms with Gasteiger partial charge in [0.15, 0.2) is 17.5 Å². The number of nitrogens with zero attached hydrogens (tertiary/aromatic N) is 3. The van der Waals surface area contributed by atoms with E-state index in [1.807, 2.05) is 109 Å². The minimum atomic E-state index is -0.903. The van der Waals surface area contributed by atoms with Crippen LogP contribution >= 0.6 is 0 Å². The Balaban J connectivity index is 1.15. The maximum absolute atomic E-state index is 9.76. The first-order chi connectivity index (χ1) is 37.7. The van der Waals surface area contributed by atoms with Crippen LogP contribution in [0.2, 0.25) is 0 Å². The average molecular weight is 798 g/mol. The van der Waals surface area contributed by atoms with Gasteiger partial charge in [0.1, 0.15) is 11.2 Å². The first kappa shape index (κ1) is 21.7. The van der Waals surface area contributed by atoms with Crippen LogP contribution in [0.25, 0.3) is 112 Å². The van der Waals surface area contributed by atoms with Gasteiger partial charge >= 0.3 is 0 Å². The van der Waals surface area contributed by atoms with Crippen LogP contribution in [0.15, 0.2) is 228 Å². The minimum Gasteiger partial charge on any atom is -0.456 e. The number of aromatic nitrogens is 3. The number of furan rings is 1. The fraction of sp³-hybridized carbons (Fsp3) is 0. The highest BCUT2D eigenvalue weighted by Crippen LogP contribution is 2.38. The minimum absolute atomic E-state index is 0.170. The van der Waals surface area contributed by atoms with E-state index in [0.29, 0.717) is 11.1 Å². The molecule has 0 bridgehead atoms. The molecule has 2 aromatic heterocycles. The van der Waals surface area contributed by atoms with Crippen molar-refractivity contribution >= 4 is 21.9 Å². The van der Waals surface area contributed by atoms with E-state index in [4.69, 9.17) is 33.1 Å². The van der Waals surface area contributed by atoms with Gasteiger partial charge in [0.2, 0.25) is 0 Å². The topological polar surface area (TPSA) is 51.8 Å². The first-order valence-corrected chi connectivity index (χ1v) is 19.0. The number of hydrogen-bond donors (Lipinski definition) is 0. The van der Waals surface area contributed by atoms with E-state index in [-0.39, 0.29) is 45.0 Å². The zero-order valence-corrected chi connectivity index (χ0v) is 31.7. The molecule has 4 heteroatoms. The SMILES string of the molecule is [2H]c1c([2H])c([2H])c(-c2c([2H])c(-c3cc([2H])c4oc5c([2H])c(-c6nc(-c7ccc(-c8ccccc8)cc7)nc(-c7ccc(-c8ccccc8)cc7)n6)c([2H])c([2H])c5c4c3[2H])c([2H])c(-c3c([2H])c([2H])c([2H])c([2H])c3[2H])c2[2H])c([2H])c1[2H]. The lowest BCUT2D eigenvalue weighted by Crippen LogP contribution is -2.00. The standard InChI is InChI=1S/C57H37N3O/c1-5-13-38(14-6-1)42-21-25-44(26-22-42)55-58-56(45-27-23-43(24-28-45)39-15-7-2-8-16-39)60-57(59-55)47-29-31-51-52-36-46(30-32-53(52)61-54(51)37-47)50-34-48(40-17-9-3-10-18-40)33-49(35-50)41-19-11-4-12-20-41/h1-37H/i3D,4D,9D,10D,11D,12D,17D,18D,19D,20D,29D,31D,32D,33D,34D,35D,36D,37D. The molecule has 0 spiro atoms. The van der Waals surface area contributed by atoms with Gasteiger partial charge in [-0.05, 0) is 97.9 Å². The highest BCUT2D eigenvalue weighted by molar-refractivity contribution is 6.07. The maximum Gasteiger partial charge on any atom is 0.164 e. The molecule has 0 saturated heterocycles. The molecule has 0 saturated carbocycles. The molecular weight excluding hydrogens is 743 g/mol. The van der Waals surface area contributed by atoms with Crippen LogP contribution in [0.1, 0.15) is 24.7 Å². The summed E-state index contributed by atoms with van der Waals surface area (Å²) in [4.78, 5) is 14.4. The van der Waals surface area contributed by atoms with Crippen LogP contribution in [-0.4, -0.2) is 15.0 Å². The molecule has 0 N–H and O–H groups in total. The third-order valence-corrected chi connectivity index (χ3v) is 9.95. The zero-order chi connectivity index (χ0) is 56.2. The number of hydrogen-bond acceptors (Lipinski definition) is 4. The molecule has 2 heterocycles. The van der Waals surface area contributed by atoms with Crippen molar-refractivity contribution in [1.82, 2.24) is 15.0 Å². The Hall–Kier alpha value is -8.21. The van der Waals surface area contributed by atoms with E-state index in [1.165, 1.54) is 0 Å². The first-order valence-electron chi connectivity index (χ1n) is 28.0. The van der Waals surface area contributed by atoms with Gasteiger partial charge < -0.3 is 4.42 Å². The molecule has 4 nitrogen and oxygen atoms in total. The number of fused-ring (bicyclic) bond motifs is 3. The summed E-state index contributed by atoms with van der Waals surface area (Å²) in [7, 11) is 0. The van der Waals surface area contributed by atoms with E-state index >= 15 is 0 Å². The molecule has 0 unspecified atom stereocenters. The third kappa shape index (κ3) is 7.17. The van der Waals surface area contributed by atoms with Gasteiger partial charge in [0, 0.05) is 27.5 Å². The summed E-state index contributed by atoms with van der Waals surface area (Å²) in [5.74, 6) is 0.183. The second-order valence-corrected chi connectivity index (χ2v) is 13.8. The Morgan fingerprint density at radius 2 is 0.721 bits per heavy atom. The highest BCUT2D eigenvalue weighted by Gasteiger charge is 2.16. The predicted octanol–water partition coefficient (Wildman–Crippen LogP) is 15.1. The zero-order valence-electron chi connectivity index (χ0n) is 49.7. The van der Waals surface area contributed by atoms with Crippen molar-refractivity contribution < 1.29 is 29.1 Å². The molecule has 9 aromatic carbocycles. The van der Waals surface area contributed by atoms with Crippen LogP contribution in [0.4, 0.5) is 0 Å². The molecule has 0 atom stereocenters. The Bertz CT molecular complexity index is 4130. The molecule has 0 fully saturated rings. The van der Waals surface area contributed by atoms with Gasteiger partial charge in [0.05, 0.1) is 24.7 Å².